The zero-order chi connectivity index (χ0) is 21.0. The van der Waals surface area contributed by atoms with Crippen molar-refractivity contribution in [3.05, 3.63) is 76.2 Å². The molecule has 0 fully saturated rings. The van der Waals surface area contributed by atoms with Crippen LogP contribution < -0.4 is 5.69 Å². The molecule has 3 aromatic heterocycles. The molecular weight excluding hydrogens is 419 g/mol. The molecule has 2 aromatic carbocycles. The van der Waals surface area contributed by atoms with Crippen LogP contribution in [0.15, 0.2) is 59.7 Å². The standard InChI is InChI=1S/C20H11ClF3N5O/c21-18-26-9-13(20(22,23)24)15(28-18)12-8-25-16-11(12)6-7-14-17(16)29(19(30)27-14)10-4-2-1-3-5-10/h1-9,25H,(H,27,30). The Kier molecular flexibility index (Phi) is 3.97. The number of imidazole rings is 1. The summed E-state index contributed by atoms with van der Waals surface area (Å²) in [5.41, 5.74) is 0.688. The lowest BCUT2D eigenvalue weighted by molar-refractivity contribution is -0.137. The van der Waals surface area contributed by atoms with E-state index in [1.807, 2.05) is 6.07 Å². The minimum absolute atomic E-state index is 0.205. The Bertz CT molecular complexity index is 1470. The minimum atomic E-state index is -4.66. The van der Waals surface area contributed by atoms with Crippen LogP contribution in [0.3, 0.4) is 0 Å². The molecule has 0 spiro atoms. The van der Waals surface area contributed by atoms with Crippen LogP contribution in [0.5, 0.6) is 0 Å². The summed E-state index contributed by atoms with van der Waals surface area (Å²) in [6.45, 7) is 0. The van der Waals surface area contributed by atoms with E-state index >= 15 is 0 Å². The molecule has 5 aromatic rings. The minimum Gasteiger partial charge on any atom is -0.359 e. The topological polar surface area (TPSA) is 79.4 Å². The number of hydrogen-bond donors (Lipinski definition) is 2. The molecule has 0 radical (unpaired) electrons. The first-order valence-corrected chi connectivity index (χ1v) is 9.13. The molecule has 3 heterocycles. The first kappa shape index (κ1) is 18.4. The fourth-order valence-corrected chi connectivity index (χ4v) is 3.72. The SMILES string of the molecule is O=c1[nH]c2ccc3c(-c4nc(Cl)ncc4C(F)(F)F)c[nH]c3c2n1-c1ccccc1. The highest BCUT2D eigenvalue weighted by Gasteiger charge is 2.36. The highest BCUT2D eigenvalue weighted by molar-refractivity contribution is 6.28. The van der Waals surface area contributed by atoms with E-state index in [1.54, 1.807) is 36.4 Å². The number of nitrogens with one attached hydrogen (secondary N) is 2. The van der Waals surface area contributed by atoms with Gasteiger partial charge in [0.15, 0.2) is 0 Å². The van der Waals surface area contributed by atoms with Gasteiger partial charge in [0.05, 0.1) is 27.9 Å². The van der Waals surface area contributed by atoms with Gasteiger partial charge in [0.2, 0.25) is 5.28 Å². The maximum atomic E-state index is 13.5. The van der Waals surface area contributed by atoms with Crippen molar-refractivity contribution in [2.75, 3.05) is 0 Å². The molecule has 0 bridgehead atoms. The second kappa shape index (κ2) is 6.46. The molecule has 0 atom stereocenters. The second-order valence-electron chi connectivity index (χ2n) is 6.59. The van der Waals surface area contributed by atoms with Gasteiger partial charge in [-0.25, -0.2) is 14.8 Å². The molecule has 0 saturated heterocycles. The Hall–Kier alpha value is -3.59. The molecule has 30 heavy (non-hydrogen) atoms. The zero-order valence-corrected chi connectivity index (χ0v) is 15.7. The lowest BCUT2D eigenvalue weighted by atomic mass is 10.1. The van der Waals surface area contributed by atoms with E-state index in [1.165, 1.54) is 10.8 Å². The third kappa shape index (κ3) is 2.78. The number of aromatic amines is 2. The van der Waals surface area contributed by atoms with Gasteiger partial charge >= 0.3 is 11.9 Å². The molecule has 0 aliphatic rings. The van der Waals surface area contributed by atoms with E-state index in [4.69, 9.17) is 11.6 Å². The van der Waals surface area contributed by atoms with Crippen molar-refractivity contribution < 1.29 is 13.2 Å². The van der Waals surface area contributed by atoms with Gasteiger partial charge in [0.1, 0.15) is 5.56 Å². The van der Waals surface area contributed by atoms with Gasteiger partial charge in [0.25, 0.3) is 0 Å². The maximum Gasteiger partial charge on any atom is 0.419 e. The number of para-hydroxylation sites is 1. The Labute approximate surface area is 171 Å². The molecule has 10 heteroatoms. The van der Waals surface area contributed by atoms with Crippen LogP contribution in [0, 0.1) is 0 Å². The average molecular weight is 430 g/mol. The predicted octanol–water partition coefficient (Wildman–Crippen LogP) is 4.93. The normalized spacial score (nSPS) is 12.1. The van der Waals surface area contributed by atoms with Gasteiger partial charge in [-0.15, -0.1) is 0 Å². The zero-order valence-electron chi connectivity index (χ0n) is 15.0. The van der Waals surface area contributed by atoms with Crippen LogP contribution in [-0.2, 0) is 6.18 Å². The van der Waals surface area contributed by atoms with E-state index in [0.29, 0.717) is 33.8 Å². The number of fused-ring (bicyclic) bond motifs is 3. The van der Waals surface area contributed by atoms with Crippen molar-refractivity contribution >= 4 is 33.5 Å². The molecular formula is C20H11ClF3N5O. The van der Waals surface area contributed by atoms with Crippen molar-refractivity contribution in [2.45, 2.75) is 6.18 Å². The number of nitrogens with zero attached hydrogens (tertiary/aromatic N) is 3. The summed E-state index contributed by atoms with van der Waals surface area (Å²) >= 11 is 5.79. The third-order valence-electron chi connectivity index (χ3n) is 4.83. The van der Waals surface area contributed by atoms with Crippen LogP contribution in [0.1, 0.15) is 5.56 Å². The van der Waals surface area contributed by atoms with Crippen LogP contribution in [0.25, 0.3) is 38.9 Å². The summed E-state index contributed by atoms with van der Waals surface area (Å²) in [7, 11) is 0. The largest absolute Gasteiger partial charge is 0.419 e. The third-order valence-corrected chi connectivity index (χ3v) is 5.01. The molecule has 0 aliphatic carbocycles. The van der Waals surface area contributed by atoms with Gasteiger partial charge in [0, 0.05) is 23.3 Å². The van der Waals surface area contributed by atoms with Crippen molar-refractivity contribution in [2.24, 2.45) is 0 Å². The maximum absolute atomic E-state index is 13.5. The lowest BCUT2D eigenvalue weighted by Crippen LogP contribution is -2.14. The quantitative estimate of drug-likeness (QED) is 0.390. The molecule has 0 unspecified atom stereocenters. The van der Waals surface area contributed by atoms with Crippen molar-refractivity contribution in [1.29, 1.82) is 0 Å². The van der Waals surface area contributed by atoms with Gasteiger partial charge in [-0.1, -0.05) is 18.2 Å². The first-order chi connectivity index (χ1) is 14.3. The number of hydrogen-bond acceptors (Lipinski definition) is 3. The van der Waals surface area contributed by atoms with Crippen molar-refractivity contribution in [3.8, 4) is 16.9 Å². The van der Waals surface area contributed by atoms with Gasteiger partial charge in [-0.05, 0) is 35.9 Å². The number of rotatable bonds is 2. The molecule has 150 valence electrons. The summed E-state index contributed by atoms with van der Waals surface area (Å²) in [5.74, 6) is 0. The molecule has 0 aliphatic heterocycles. The fourth-order valence-electron chi connectivity index (χ4n) is 3.58. The lowest BCUT2D eigenvalue weighted by Gasteiger charge is -2.11. The van der Waals surface area contributed by atoms with Crippen molar-refractivity contribution in [3.63, 3.8) is 0 Å². The van der Waals surface area contributed by atoms with E-state index in [2.05, 4.69) is 19.9 Å². The second-order valence-corrected chi connectivity index (χ2v) is 6.92. The Morgan fingerprint density at radius 3 is 2.57 bits per heavy atom. The summed E-state index contributed by atoms with van der Waals surface area (Å²) in [4.78, 5) is 25.7. The number of aromatic nitrogens is 5. The molecule has 5 rings (SSSR count). The summed E-state index contributed by atoms with van der Waals surface area (Å²) in [5, 5.41) is 0.169. The predicted molar refractivity (Wildman–Crippen MR) is 107 cm³/mol. The van der Waals surface area contributed by atoms with E-state index < -0.39 is 11.7 Å². The number of halogens is 4. The van der Waals surface area contributed by atoms with Crippen LogP contribution in [-0.4, -0.2) is 24.5 Å². The number of alkyl halides is 3. The highest BCUT2D eigenvalue weighted by Crippen LogP contribution is 2.39. The molecule has 0 amide bonds. The molecule has 6 nitrogen and oxygen atoms in total. The van der Waals surface area contributed by atoms with Crippen LogP contribution in [0.2, 0.25) is 5.28 Å². The van der Waals surface area contributed by atoms with E-state index in [9.17, 15) is 18.0 Å². The first-order valence-electron chi connectivity index (χ1n) is 8.75. The average Bonchev–Trinajstić information content (AvgIpc) is 3.27. The van der Waals surface area contributed by atoms with E-state index in [0.717, 1.165) is 0 Å². The number of benzene rings is 2. The Morgan fingerprint density at radius 1 is 1.07 bits per heavy atom. The fraction of sp³-hybridized carbons (Fsp3) is 0.0500. The Morgan fingerprint density at radius 2 is 1.83 bits per heavy atom. The van der Waals surface area contributed by atoms with Gasteiger partial charge in [-0.3, -0.25) is 4.57 Å². The van der Waals surface area contributed by atoms with Gasteiger partial charge in [-0.2, -0.15) is 13.2 Å². The van der Waals surface area contributed by atoms with Gasteiger partial charge < -0.3 is 9.97 Å². The molecule has 2 N–H and O–H groups in total. The van der Waals surface area contributed by atoms with E-state index in [-0.39, 0.29) is 22.2 Å². The van der Waals surface area contributed by atoms with Crippen molar-refractivity contribution in [1.82, 2.24) is 24.5 Å². The molecule has 0 saturated carbocycles. The van der Waals surface area contributed by atoms with Crippen LogP contribution >= 0.6 is 11.6 Å². The number of H-pyrrole nitrogens is 2. The summed E-state index contributed by atoms with van der Waals surface area (Å²) in [6, 6.07) is 12.2. The Balaban J connectivity index is 1.85. The summed E-state index contributed by atoms with van der Waals surface area (Å²) < 4.78 is 42.1. The summed E-state index contributed by atoms with van der Waals surface area (Å²) in [6.07, 6.45) is -2.57. The highest BCUT2D eigenvalue weighted by atomic mass is 35.5. The monoisotopic (exact) mass is 429 g/mol. The smallest absolute Gasteiger partial charge is 0.359 e. The van der Waals surface area contributed by atoms with Crippen LogP contribution in [0.4, 0.5) is 13.2 Å².